The van der Waals surface area contributed by atoms with Crippen molar-refractivity contribution in [2.45, 2.75) is 58.0 Å². The largest absolute Gasteiger partial charge is 0.494 e. The molecule has 6 heteroatoms. The van der Waals surface area contributed by atoms with Gasteiger partial charge >= 0.3 is 0 Å². The highest BCUT2D eigenvalue weighted by molar-refractivity contribution is 6.02. The first-order valence-corrected chi connectivity index (χ1v) is 11.5. The Hall–Kier alpha value is -3.28. The highest BCUT2D eigenvalue weighted by Crippen LogP contribution is 2.45. The molecule has 1 aliphatic heterocycles. The van der Waals surface area contributed by atoms with Crippen molar-refractivity contribution >= 4 is 11.7 Å². The van der Waals surface area contributed by atoms with Gasteiger partial charge < -0.3 is 19.5 Å². The topological polar surface area (TPSA) is 73.9 Å². The van der Waals surface area contributed by atoms with Crippen molar-refractivity contribution < 1.29 is 23.8 Å². The van der Waals surface area contributed by atoms with E-state index in [1.165, 1.54) is 0 Å². The number of methoxy groups -OCH3 is 1. The Kier molecular flexibility index (Phi) is 6.72. The molecule has 1 aliphatic carbocycles. The number of carbonyl (C=O) groups is 2. The highest BCUT2D eigenvalue weighted by Gasteiger charge is 2.39. The van der Waals surface area contributed by atoms with Gasteiger partial charge in [0.15, 0.2) is 17.3 Å². The summed E-state index contributed by atoms with van der Waals surface area (Å²) in [5.74, 6) is 1.71. The summed E-state index contributed by atoms with van der Waals surface area (Å²) in [7, 11) is 1.61. The van der Waals surface area contributed by atoms with E-state index < -0.39 is 0 Å². The first-order valence-electron chi connectivity index (χ1n) is 11.5. The summed E-state index contributed by atoms with van der Waals surface area (Å²) in [6.45, 7) is 6.38. The lowest BCUT2D eigenvalue weighted by atomic mass is 9.73. The maximum Gasteiger partial charge on any atom is 0.225 e. The van der Waals surface area contributed by atoms with Gasteiger partial charge in [-0.05, 0) is 56.9 Å². The number of benzene rings is 2. The SMILES string of the molecule is CCOc1ccccc1C1CC(=O)NC2=C1C(=O)CC(c1ccc(OC(C)C)c(OC)c1)C2. The fourth-order valence-electron chi connectivity index (χ4n) is 4.81. The lowest BCUT2D eigenvalue weighted by molar-refractivity contribution is -0.122. The predicted octanol–water partition coefficient (Wildman–Crippen LogP) is 4.89. The van der Waals surface area contributed by atoms with Gasteiger partial charge in [-0.3, -0.25) is 9.59 Å². The molecule has 0 spiro atoms. The molecule has 0 fully saturated rings. The van der Waals surface area contributed by atoms with Crippen LogP contribution in [-0.2, 0) is 9.59 Å². The average Bonchev–Trinajstić information content (AvgIpc) is 2.78. The molecular formula is C27H31NO5. The van der Waals surface area contributed by atoms with E-state index in [9.17, 15) is 9.59 Å². The second-order valence-corrected chi connectivity index (χ2v) is 8.77. The molecule has 1 amide bonds. The number of hydrogen-bond donors (Lipinski definition) is 1. The number of carbonyl (C=O) groups excluding carboxylic acids is 2. The van der Waals surface area contributed by atoms with Crippen LogP contribution in [0.4, 0.5) is 0 Å². The number of ether oxygens (including phenoxy) is 3. The van der Waals surface area contributed by atoms with Gasteiger partial charge in [0.2, 0.25) is 5.91 Å². The highest BCUT2D eigenvalue weighted by atomic mass is 16.5. The summed E-state index contributed by atoms with van der Waals surface area (Å²) in [5, 5.41) is 2.99. The first kappa shape index (κ1) is 22.9. The molecule has 2 unspecified atom stereocenters. The molecule has 0 radical (unpaired) electrons. The molecule has 33 heavy (non-hydrogen) atoms. The van der Waals surface area contributed by atoms with Gasteiger partial charge in [-0.15, -0.1) is 0 Å². The molecule has 2 aliphatic rings. The molecule has 0 aromatic heterocycles. The van der Waals surface area contributed by atoms with Gasteiger partial charge in [0.1, 0.15) is 5.75 Å². The molecule has 6 nitrogen and oxygen atoms in total. The Morgan fingerprint density at radius 3 is 2.52 bits per heavy atom. The Morgan fingerprint density at radius 2 is 1.79 bits per heavy atom. The van der Waals surface area contributed by atoms with E-state index in [-0.39, 0.29) is 36.1 Å². The molecule has 174 valence electrons. The van der Waals surface area contributed by atoms with Gasteiger partial charge in [-0.25, -0.2) is 0 Å². The lowest BCUT2D eigenvalue weighted by Gasteiger charge is -2.35. The second-order valence-electron chi connectivity index (χ2n) is 8.77. The lowest BCUT2D eigenvalue weighted by Crippen LogP contribution is -2.38. The van der Waals surface area contributed by atoms with E-state index in [0.717, 1.165) is 22.6 Å². The number of amides is 1. The third-order valence-corrected chi connectivity index (χ3v) is 6.15. The third kappa shape index (κ3) is 4.75. The predicted molar refractivity (Wildman–Crippen MR) is 126 cm³/mol. The zero-order valence-electron chi connectivity index (χ0n) is 19.6. The third-order valence-electron chi connectivity index (χ3n) is 6.15. The Balaban J connectivity index is 1.67. The number of Topliss-reactive ketones (excluding diaryl/α,β-unsaturated/α-hetero) is 1. The quantitative estimate of drug-likeness (QED) is 0.652. The summed E-state index contributed by atoms with van der Waals surface area (Å²) in [6.07, 6.45) is 1.25. The number of para-hydroxylation sites is 1. The molecule has 2 atom stereocenters. The number of allylic oxidation sites excluding steroid dienone is 2. The summed E-state index contributed by atoms with van der Waals surface area (Å²) in [4.78, 5) is 26.1. The number of hydrogen-bond acceptors (Lipinski definition) is 5. The number of ketones is 1. The zero-order chi connectivity index (χ0) is 23.5. The van der Waals surface area contributed by atoms with E-state index in [0.29, 0.717) is 36.5 Å². The van der Waals surface area contributed by atoms with E-state index in [1.54, 1.807) is 7.11 Å². The van der Waals surface area contributed by atoms with E-state index >= 15 is 0 Å². The van der Waals surface area contributed by atoms with Gasteiger partial charge in [0.05, 0.1) is 19.8 Å². The van der Waals surface area contributed by atoms with Crippen LogP contribution in [-0.4, -0.2) is 31.5 Å². The Bertz CT molecular complexity index is 1090. The average molecular weight is 450 g/mol. The van der Waals surface area contributed by atoms with Crippen molar-refractivity contribution in [3.8, 4) is 17.2 Å². The van der Waals surface area contributed by atoms with Crippen LogP contribution in [0.2, 0.25) is 0 Å². The summed E-state index contributed by atoms with van der Waals surface area (Å²) in [5.41, 5.74) is 3.33. The van der Waals surface area contributed by atoms with Gasteiger partial charge in [0, 0.05) is 35.6 Å². The Morgan fingerprint density at radius 1 is 1.00 bits per heavy atom. The summed E-state index contributed by atoms with van der Waals surface area (Å²) < 4.78 is 17.2. The molecule has 1 N–H and O–H groups in total. The maximum absolute atomic E-state index is 13.4. The summed E-state index contributed by atoms with van der Waals surface area (Å²) >= 11 is 0. The smallest absolute Gasteiger partial charge is 0.225 e. The molecule has 1 heterocycles. The van der Waals surface area contributed by atoms with Crippen LogP contribution in [0.1, 0.15) is 63.0 Å². The first-order chi connectivity index (χ1) is 15.9. The minimum atomic E-state index is -0.290. The van der Waals surface area contributed by atoms with Crippen LogP contribution in [0.5, 0.6) is 17.2 Å². The Labute approximate surface area is 194 Å². The van der Waals surface area contributed by atoms with Crippen molar-refractivity contribution in [1.29, 1.82) is 0 Å². The standard InChI is InChI=1S/C27H31NO5/c1-5-32-23-9-7-6-8-19(23)20-15-26(30)28-21-12-18(13-22(29)27(20)21)17-10-11-24(33-16(2)3)25(14-17)31-4/h6-11,14,16,18,20H,5,12-13,15H2,1-4H3,(H,28,30). The number of nitrogens with one attached hydrogen (secondary N) is 1. The van der Waals surface area contributed by atoms with Crippen LogP contribution in [0, 0.1) is 0 Å². The normalized spacial score (nSPS) is 20.4. The molecular weight excluding hydrogens is 418 g/mol. The van der Waals surface area contributed by atoms with Crippen molar-refractivity contribution in [3.63, 3.8) is 0 Å². The zero-order valence-corrected chi connectivity index (χ0v) is 19.6. The van der Waals surface area contributed by atoms with Crippen LogP contribution >= 0.6 is 0 Å². The number of rotatable bonds is 7. The van der Waals surface area contributed by atoms with Crippen molar-refractivity contribution in [1.82, 2.24) is 5.32 Å². The van der Waals surface area contributed by atoms with E-state index in [1.807, 2.05) is 63.2 Å². The van der Waals surface area contributed by atoms with E-state index in [4.69, 9.17) is 14.2 Å². The van der Waals surface area contributed by atoms with Crippen molar-refractivity contribution in [3.05, 3.63) is 64.9 Å². The minimum Gasteiger partial charge on any atom is -0.494 e. The fourth-order valence-corrected chi connectivity index (χ4v) is 4.81. The molecule has 0 saturated heterocycles. The molecule has 0 bridgehead atoms. The maximum atomic E-state index is 13.4. The van der Waals surface area contributed by atoms with E-state index in [2.05, 4.69) is 5.32 Å². The van der Waals surface area contributed by atoms with Crippen LogP contribution < -0.4 is 19.5 Å². The molecule has 2 aromatic rings. The monoisotopic (exact) mass is 449 g/mol. The van der Waals surface area contributed by atoms with Crippen molar-refractivity contribution in [2.75, 3.05) is 13.7 Å². The molecule has 0 saturated carbocycles. The van der Waals surface area contributed by atoms with Crippen LogP contribution in [0.3, 0.4) is 0 Å². The molecule has 2 aromatic carbocycles. The fraction of sp³-hybridized carbons (Fsp3) is 0.407. The van der Waals surface area contributed by atoms with Gasteiger partial charge in [-0.1, -0.05) is 24.3 Å². The second kappa shape index (κ2) is 9.69. The van der Waals surface area contributed by atoms with Crippen molar-refractivity contribution in [2.24, 2.45) is 0 Å². The molecule has 4 rings (SSSR count). The van der Waals surface area contributed by atoms with Gasteiger partial charge in [-0.2, -0.15) is 0 Å². The van der Waals surface area contributed by atoms with Crippen LogP contribution in [0.25, 0.3) is 0 Å². The van der Waals surface area contributed by atoms with Gasteiger partial charge in [0.25, 0.3) is 0 Å². The van der Waals surface area contributed by atoms with Crippen LogP contribution in [0.15, 0.2) is 53.7 Å². The summed E-state index contributed by atoms with van der Waals surface area (Å²) in [6, 6.07) is 13.5. The minimum absolute atomic E-state index is 0.0303.